The van der Waals surface area contributed by atoms with Crippen LogP contribution in [0.3, 0.4) is 0 Å². The zero-order chi connectivity index (χ0) is 16.6. The van der Waals surface area contributed by atoms with E-state index in [4.69, 9.17) is 5.41 Å². The zero-order valence-electron chi connectivity index (χ0n) is 12.8. The summed E-state index contributed by atoms with van der Waals surface area (Å²) in [4.78, 5) is 2.10. The average molecular weight is 320 g/mol. The molecule has 5 heteroatoms. The molecule has 0 aliphatic heterocycles. The highest BCUT2D eigenvalue weighted by Gasteiger charge is 2.57. The fourth-order valence-electron chi connectivity index (χ4n) is 3.94. The van der Waals surface area contributed by atoms with Gasteiger partial charge in [-0.25, -0.2) is 0 Å². The second-order valence-corrected chi connectivity index (χ2v) is 7.49. The first-order valence-corrected chi connectivity index (χ1v) is 8.48. The van der Waals surface area contributed by atoms with E-state index in [0.29, 0.717) is 0 Å². The third-order valence-corrected chi connectivity index (χ3v) is 6.08. The Kier molecular flexibility index (Phi) is 3.80. The molecule has 3 rings (SSSR count). The molecule has 23 heavy (non-hydrogen) atoms. The summed E-state index contributed by atoms with van der Waals surface area (Å²) < 4.78 is 0. The molecule has 0 saturated heterocycles. The van der Waals surface area contributed by atoms with Gasteiger partial charge >= 0.3 is 0 Å². The van der Waals surface area contributed by atoms with E-state index >= 15 is 0 Å². The quantitative estimate of drug-likeness (QED) is 0.790. The Morgan fingerprint density at radius 2 is 2.00 bits per heavy atom. The maximum atomic E-state index is 9.82. The largest absolute Gasteiger partial charge is 0.305 e. The van der Waals surface area contributed by atoms with Crippen LogP contribution in [-0.2, 0) is 0 Å². The second-order valence-electron chi connectivity index (χ2n) is 6.18. The first-order chi connectivity index (χ1) is 11.1. The molecule has 0 unspecified atom stereocenters. The van der Waals surface area contributed by atoms with Crippen LogP contribution in [0, 0.1) is 63.6 Å². The fourth-order valence-corrected chi connectivity index (χ4v) is 5.05. The second kappa shape index (κ2) is 5.65. The Balaban J connectivity index is 2.25. The normalized spacial score (nSPS) is 28.7. The number of nitriles is 3. The van der Waals surface area contributed by atoms with Gasteiger partial charge in [-0.15, -0.1) is 11.3 Å². The molecule has 1 aromatic heterocycles. The lowest BCUT2D eigenvalue weighted by atomic mass is 9.54. The SMILES string of the molecule is Cc1ccc([C@@H]2[C@H]3CCCC=C3[C@@H](C#N)C(=N)C2(C#N)C#N)s1. The summed E-state index contributed by atoms with van der Waals surface area (Å²) in [6.45, 7) is 2.00. The molecule has 1 saturated carbocycles. The van der Waals surface area contributed by atoms with Crippen LogP contribution in [0.1, 0.15) is 34.9 Å². The minimum atomic E-state index is -1.54. The molecular formula is C18H16N4S. The highest BCUT2D eigenvalue weighted by Crippen LogP contribution is 2.56. The number of hydrogen-bond acceptors (Lipinski definition) is 5. The molecule has 0 spiro atoms. The summed E-state index contributed by atoms with van der Waals surface area (Å²) in [6.07, 6.45) is 4.82. The van der Waals surface area contributed by atoms with Crippen molar-refractivity contribution in [3.05, 3.63) is 33.5 Å². The van der Waals surface area contributed by atoms with E-state index in [-0.39, 0.29) is 17.5 Å². The van der Waals surface area contributed by atoms with Gasteiger partial charge < -0.3 is 5.41 Å². The van der Waals surface area contributed by atoms with Crippen molar-refractivity contribution >= 4 is 17.0 Å². The topological polar surface area (TPSA) is 95.2 Å². The van der Waals surface area contributed by atoms with Crippen molar-refractivity contribution in [1.82, 2.24) is 0 Å². The zero-order valence-corrected chi connectivity index (χ0v) is 13.7. The van der Waals surface area contributed by atoms with Gasteiger partial charge in [0.25, 0.3) is 0 Å². The van der Waals surface area contributed by atoms with Gasteiger partial charge in [-0.05, 0) is 49.8 Å². The average Bonchev–Trinajstić information content (AvgIpc) is 3.00. The first-order valence-electron chi connectivity index (χ1n) is 7.66. The van der Waals surface area contributed by atoms with Crippen LogP contribution in [-0.4, -0.2) is 5.71 Å². The number of aryl methyl sites for hydroxylation is 1. The van der Waals surface area contributed by atoms with Crippen LogP contribution in [0.25, 0.3) is 0 Å². The van der Waals surface area contributed by atoms with Gasteiger partial charge in [-0.2, -0.15) is 15.8 Å². The highest BCUT2D eigenvalue weighted by molar-refractivity contribution is 7.12. The molecule has 114 valence electrons. The van der Waals surface area contributed by atoms with Crippen molar-refractivity contribution in [3.63, 3.8) is 0 Å². The fraction of sp³-hybridized carbons (Fsp3) is 0.444. The standard InChI is InChI=1S/C18H16N4S/c1-11-6-7-15(23-11)16-13-5-3-2-4-12(13)14(8-19)17(22)18(16,9-20)10-21/h4,6-7,13-14,16,22H,2-3,5H2,1H3/t13-,14+,16-/m0/s1. The van der Waals surface area contributed by atoms with Crippen LogP contribution in [0.2, 0.25) is 0 Å². The number of thiophene rings is 1. The summed E-state index contributed by atoms with van der Waals surface area (Å²) in [7, 11) is 0. The molecular weight excluding hydrogens is 304 g/mol. The van der Waals surface area contributed by atoms with Crippen molar-refractivity contribution in [2.24, 2.45) is 17.3 Å². The number of nitrogens with one attached hydrogen (secondary N) is 1. The Bertz CT molecular complexity index is 797. The maximum absolute atomic E-state index is 9.82. The summed E-state index contributed by atoms with van der Waals surface area (Å²) in [6, 6.07) is 10.4. The Morgan fingerprint density at radius 3 is 2.57 bits per heavy atom. The lowest BCUT2D eigenvalue weighted by molar-refractivity contribution is 0.324. The maximum Gasteiger partial charge on any atom is 0.190 e. The van der Waals surface area contributed by atoms with E-state index < -0.39 is 11.3 Å². The van der Waals surface area contributed by atoms with Crippen molar-refractivity contribution in [2.75, 3.05) is 0 Å². The number of nitrogens with zero attached hydrogens (tertiary/aromatic N) is 3. The number of hydrogen-bond donors (Lipinski definition) is 1. The van der Waals surface area contributed by atoms with Gasteiger partial charge in [0.2, 0.25) is 0 Å². The lowest BCUT2D eigenvalue weighted by Gasteiger charge is -2.45. The van der Waals surface area contributed by atoms with Crippen molar-refractivity contribution in [3.8, 4) is 18.2 Å². The molecule has 0 bridgehead atoms. The first kappa shape index (κ1) is 15.5. The van der Waals surface area contributed by atoms with Gasteiger partial charge in [0.1, 0.15) is 5.92 Å². The van der Waals surface area contributed by atoms with E-state index in [1.54, 1.807) is 11.3 Å². The molecule has 0 radical (unpaired) electrons. The van der Waals surface area contributed by atoms with Crippen LogP contribution in [0.15, 0.2) is 23.8 Å². The predicted molar refractivity (Wildman–Crippen MR) is 87.7 cm³/mol. The highest BCUT2D eigenvalue weighted by atomic mass is 32.1. The van der Waals surface area contributed by atoms with Gasteiger partial charge in [-0.3, -0.25) is 0 Å². The summed E-state index contributed by atoms with van der Waals surface area (Å²) in [5, 5.41) is 37.6. The molecule has 1 heterocycles. The number of fused-ring (bicyclic) bond motifs is 1. The molecule has 1 N–H and O–H groups in total. The van der Waals surface area contributed by atoms with E-state index in [1.165, 1.54) is 0 Å². The van der Waals surface area contributed by atoms with E-state index in [9.17, 15) is 15.8 Å². The lowest BCUT2D eigenvalue weighted by Crippen LogP contribution is -2.48. The Morgan fingerprint density at radius 1 is 1.26 bits per heavy atom. The van der Waals surface area contributed by atoms with Crippen molar-refractivity contribution in [2.45, 2.75) is 32.1 Å². The molecule has 0 amide bonds. The van der Waals surface area contributed by atoms with E-state index in [0.717, 1.165) is 34.6 Å². The Labute approximate surface area is 139 Å². The van der Waals surface area contributed by atoms with E-state index in [2.05, 4.69) is 24.3 Å². The van der Waals surface area contributed by atoms with Gasteiger partial charge in [0, 0.05) is 15.7 Å². The predicted octanol–water partition coefficient (Wildman–Crippen LogP) is 4.07. The van der Waals surface area contributed by atoms with Crippen LogP contribution in [0.5, 0.6) is 0 Å². The summed E-state index contributed by atoms with van der Waals surface area (Å²) in [5.74, 6) is -1.09. The minimum absolute atomic E-state index is 0.000139. The molecule has 3 atom stereocenters. The smallest absolute Gasteiger partial charge is 0.190 e. The van der Waals surface area contributed by atoms with Gasteiger partial charge in [0.05, 0.1) is 23.9 Å². The van der Waals surface area contributed by atoms with Crippen LogP contribution < -0.4 is 0 Å². The molecule has 0 aromatic carbocycles. The molecule has 2 aliphatic carbocycles. The monoisotopic (exact) mass is 320 g/mol. The molecule has 1 fully saturated rings. The van der Waals surface area contributed by atoms with Crippen molar-refractivity contribution < 1.29 is 0 Å². The van der Waals surface area contributed by atoms with Gasteiger partial charge in [0.15, 0.2) is 5.41 Å². The van der Waals surface area contributed by atoms with Crippen molar-refractivity contribution in [1.29, 1.82) is 21.2 Å². The summed E-state index contributed by atoms with van der Waals surface area (Å²) >= 11 is 1.58. The third-order valence-electron chi connectivity index (χ3n) is 4.99. The van der Waals surface area contributed by atoms with E-state index in [1.807, 2.05) is 19.1 Å². The van der Waals surface area contributed by atoms with Crippen LogP contribution in [0.4, 0.5) is 0 Å². The molecule has 2 aliphatic rings. The minimum Gasteiger partial charge on any atom is -0.305 e. The van der Waals surface area contributed by atoms with Gasteiger partial charge in [-0.1, -0.05) is 6.08 Å². The number of rotatable bonds is 1. The number of allylic oxidation sites excluding steroid dienone is 2. The van der Waals surface area contributed by atoms with Crippen LogP contribution >= 0.6 is 11.3 Å². The molecule has 4 nitrogen and oxygen atoms in total. The molecule has 1 aromatic rings. The third kappa shape index (κ3) is 2.11. The summed E-state index contributed by atoms with van der Waals surface area (Å²) in [5.41, 5.74) is -0.650. The Hall–Kier alpha value is -2.42.